The molecule has 0 aliphatic heterocycles. The van der Waals surface area contributed by atoms with Crippen LogP contribution in [-0.2, 0) is 9.59 Å². The van der Waals surface area contributed by atoms with Crippen LogP contribution in [0.15, 0.2) is 0 Å². The molecule has 16 heavy (non-hydrogen) atoms. The van der Waals surface area contributed by atoms with Crippen LogP contribution in [0.1, 0.15) is 19.8 Å². The van der Waals surface area contributed by atoms with E-state index in [-0.39, 0.29) is 18.5 Å². The molecule has 1 rings (SSSR count). The number of amides is 1. The van der Waals surface area contributed by atoms with E-state index in [1.54, 1.807) is 25.9 Å². The number of carbonyl (C=O) groups is 2. The first-order chi connectivity index (χ1) is 7.41. The van der Waals surface area contributed by atoms with Crippen molar-refractivity contribution in [2.45, 2.75) is 25.8 Å². The summed E-state index contributed by atoms with van der Waals surface area (Å²) >= 11 is 0. The number of likely N-dealkylation sites (N-methyl/N-ethyl adjacent to an activating group) is 1. The third-order valence-electron chi connectivity index (χ3n) is 2.87. The summed E-state index contributed by atoms with van der Waals surface area (Å²) in [6.45, 7) is 2.43. The molecule has 5 heteroatoms. The van der Waals surface area contributed by atoms with Crippen LogP contribution >= 0.6 is 0 Å². The third-order valence-corrected chi connectivity index (χ3v) is 2.87. The molecule has 1 unspecified atom stereocenters. The molecule has 0 saturated heterocycles. The van der Waals surface area contributed by atoms with Crippen LogP contribution in [0.25, 0.3) is 0 Å². The lowest BCUT2D eigenvalue weighted by Gasteiger charge is -2.28. The SMILES string of the molecule is CC(C(=O)N(C)C)N(CC(=O)O)CC1CC1. The van der Waals surface area contributed by atoms with Gasteiger partial charge in [0.25, 0.3) is 0 Å². The van der Waals surface area contributed by atoms with Crippen molar-refractivity contribution in [1.82, 2.24) is 9.80 Å². The standard InChI is InChI=1S/C11H20N2O3/c1-8(11(16)12(2)3)13(7-10(14)15)6-9-4-5-9/h8-9H,4-7H2,1-3H3,(H,14,15). The van der Waals surface area contributed by atoms with Gasteiger partial charge < -0.3 is 10.0 Å². The van der Waals surface area contributed by atoms with Gasteiger partial charge in [0.05, 0.1) is 12.6 Å². The molecule has 1 aliphatic carbocycles. The molecule has 0 bridgehead atoms. The first-order valence-electron chi connectivity index (χ1n) is 5.58. The molecule has 92 valence electrons. The molecule has 0 radical (unpaired) electrons. The highest BCUT2D eigenvalue weighted by Gasteiger charge is 2.30. The Morgan fingerprint density at radius 2 is 1.94 bits per heavy atom. The lowest BCUT2D eigenvalue weighted by atomic mass is 10.2. The van der Waals surface area contributed by atoms with E-state index in [4.69, 9.17) is 5.11 Å². The molecule has 1 saturated carbocycles. The largest absolute Gasteiger partial charge is 0.480 e. The van der Waals surface area contributed by atoms with E-state index in [1.807, 2.05) is 0 Å². The molecule has 1 atom stereocenters. The molecule has 5 nitrogen and oxygen atoms in total. The minimum atomic E-state index is -0.876. The van der Waals surface area contributed by atoms with E-state index in [9.17, 15) is 9.59 Å². The Bertz CT molecular complexity index is 274. The van der Waals surface area contributed by atoms with Crippen LogP contribution in [-0.4, -0.2) is 60.0 Å². The van der Waals surface area contributed by atoms with Crippen molar-refractivity contribution in [2.75, 3.05) is 27.2 Å². The van der Waals surface area contributed by atoms with Crippen molar-refractivity contribution in [3.05, 3.63) is 0 Å². The maximum absolute atomic E-state index is 11.8. The fourth-order valence-electron chi connectivity index (χ4n) is 1.70. The van der Waals surface area contributed by atoms with Gasteiger partial charge in [-0.2, -0.15) is 0 Å². The Balaban J connectivity index is 2.58. The lowest BCUT2D eigenvalue weighted by Crippen LogP contribution is -2.47. The Labute approximate surface area is 96.0 Å². The zero-order valence-electron chi connectivity index (χ0n) is 10.1. The summed E-state index contributed by atoms with van der Waals surface area (Å²) in [4.78, 5) is 25.8. The molecule has 1 fully saturated rings. The van der Waals surface area contributed by atoms with Gasteiger partial charge in [0, 0.05) is 20.6 Å². The van der Waals surface area contributed by atoms with Crippen molar-refractivity contribution in [1.29, 1.82) is 0 Å². The van der Waals surface area contributed by atoms with Crippen molar-refractivity contribution < 1.29 is 14.7 Å². The predicted molar refractivity (Wildman–Crippen MR) is 60.1 cm³/mol. The number of aliphatic carboxylic acids is 1. The fourth-order valence-corrected chi connectivity index (χ4v) is 1.70. The van der Waals surface area contributed by atoms with Crippen LogP contribution in [0.2, 0.25) is 0 Å². The van der Waals surface area contributed by atoms with Crippen LogP contribution in [0.5, 0.6) is 0 Å². The van der Waals surface area contributed by atoms with Crippen molar-refractivity contribution in [2.24, 2.45) is 5.92 Å². The molecule has 0 heterocycles. The van der Waals surface area contributed by atoms with Gasteiger partial charge in [-0.25, -0.2) is 0 Å². The van der Waals surface area contributed by atoms with Gasteiger partial charge >= 0.3 is 5.97 Å². The van der Waals surface area contributed by atoms with Gasteiger partial charge in [-0.05, 0) is 25.7 Å². The summed E-state index contributed by atoms with van der Waals surface area (Å²) in [5.74, 6) is -0.335. The number of carboxylic acid groups (broad SMARTS) is 1. The van der Waals surface area contributed by atoms with Crippen molar-refractivity contribution >= 4 is 11.9 Å². The number of rotatable bonds is 6. The van der Waals surface area contributed by atoms with Gasteiger partial charge in [-0.1, -0.05) is 0 Å². The zero-order valence-corrected chi connectivity index (χ0v) is 10.1. The normalized spacial score (nSPS) is 17.2. The number of carbonyl (C=O) groups excluding carboxylic acids is 1. The minimum absolute atomic E-state index is 0.0399. The van der Waals surface area contributed by atoms with E-state index in [0.29, 0.717) is 12.5 Å². The topological polar surface area (TPSA) is 60.9 Å². The van der Waals surface area contributed by atoms with Crippen molar-refractivity contribution in [3.63, 3.8) is 0 Å². The van der Waals surface area contributed by atoms with Crippen molar-refractivity contribution in [3.8, 4) is 0 Å². The average Bonchev–Trinajstić information content (AvgIpc) is 2.97. The molecule has 0 aromatic rings. The van der Waals surface area contributed by atoms with E-state index in [1.165, 1.54) is 4.90 Å². The second-order valence-electron chi connectivity index (χ2n) is 4.68. The summed E-state index contributed by atoms with van der Waals surface area (Å²) in [7, 11) is 3.38. The Hall–Kier alpha value is -1.10. The average molecular weight is 228 g/mol. The smallest absolute Gasteiger partial charge is 0.317 e. The summed E-state index contributed by atoms with van der Waals surface area (Å²) < 4.78 is 0. The lowest BCUT2D eigenvalue weighted by molar-refractivity contribution is -0.141. The van der Waals surface area contributed by atoms with Gasteiger partial charge in [-0.3, -0.25) is 14.5 Å². The second-order valence-corrected chi connectivity index (χ2v) is 4.68. The number of hydrogen-bond acceptors (Lipinski definition) is 3. The summed E-state index contributed by atoms with van der Waals surface area (Å²) in [5.41, 5.74) is 0. The van der Waals surface area contributed by atoms with Gasteiger partial charge in [0.15, 0.2) is 0 Å². The van der Waals surface area contributed by atoms with E-state index in [2.05, 4.69) is 0 Å². The van der Waals surface area contributed by atoms with Crippen LogP contribution in [0, 0.1) is 5.92 Å². The minimum Gasteiger partial charge on any atom is -0.480 e. The number of carboxylic acids is 1. The maximum Gasteiger partial charge on any atom is 0.317 e. The molecule has 0 spiro atoms. The second kappa shape index (κ2) is 5.30. The molecule has 1 N–H and O–H groups in total. The maximum atomic E-state index is 11.8. The fraction of sp³-hybridized carbons (Fsp3) is 0.818. The molecular formula is C11H20N2O3. The van der Waals surface area contributed by atoms with E-state index in [0.717, 1.165) is 12.8 Å². The summed E-state index contributed by atoms with van der Waals surface area (Å²) in [6, 6.07) is -0.355. The van der Waals surface area contributed by atoms with E-state index < -0.39 is 5.97 Å². The molecule has 1 amide bonds. The quantitative estimate of drug-likeness (QED) is 0.708. The highest BCUT2D eigenvalue weighted by molar-refractivity contribution is 5.81. The molecular weight excluding hydrogens is 208 g/mol. The monoisotopic (exact) mass is 228 g/mol. The van der Waals surface area contributed by atoms with Crippen LogP contribution < -0.4 is 0 Å². The van der Waals surface area contributed by atoms with Gasteiger partial charge in [-0.15, -0.1) is 0 Å². The molecule has 0 aromatic carbocycles. The summed E-state index contributed by atoms with van der Waals surface area (Å²) in [5, 5.41) is 8.82. The number of nitrogens with zero attached hydrogens (tertiary/aromatic N) is 2. The van der Waals surface area contributed by atoms with E-state index >= 15 is 0 Å². The number of hydrogen-bond donors (Lipinski definition) is 1. The molecule has 0 aromatic heterocycles. The first kappa shape index (κ1) is 13.0. The molecule has 1 aliphatic rings. The van der Waals surface area contributed by atoms with Gasteiger partial charge in [0.1, 0.15) is 0 Å². The highest BCUT2D eigenvalue weighted by Crippen LogP contribution is 2.30. The summed E-state index contributed by atoms with van der Waals surface area (Å²) in [6.07, 6.45) is 2.30. The Morgan fingerprint density at radius 3 is 2.31 bits per heavy atom. The van der Waals surface area contributed by atoms with Crippen LogP contribution in [0.3, 0.4) is 0 Å². The highest BCUT2D eigenvalue weighted by atomic mass is 16.4. The third kappa shape index (κ3) is 3.81. The Kier molecular flexibility index (Phi) is 4.29. The zero-order chi connectivity index (χ0) is 12.3. The van der Waals surface area contributed by atoms with Crippen LogP contribution in [0.4, 0.5) is 0 Å². The predicted octanol–water partition coefficient (Wildman–Crippen LogP) is 0.260. The Morgan fingerprint density at radius 1 is 1.38 bits per heavy atom. The first-order valence-corrected chi connectivity index (χ1v) is 5.58. The van der Waals surface area contributed by atoms with Gasteiger partial charge in [0.2, 0.25) is 5.91 Å².